The summed E-state index contributed by atoms with van der Waals surface area (Å²) >= 11 is 7.38. The lowest BCUT2D eigenvalue weighted by atomic mass is 10.0. The van der Waals surface area contributed by atoms with Crippen molar-refractivity contribution in [1.82, 2.24) is 50.4 Å². The van der Waals surface area contributed by atoms with E-state index in [1.54, 1.807) is 101 Å². The lowest BCUT2D eigenvalue weighted by Crippen LogP contribution is -2.48. The molecule has 27 nitrogen and oxygen atoms in total. The van der Waals surface area contributed by atoms with Gasteiger partial charge in [-0.2, -0.15) is 50.6 Å². The Morgan fingerprint density at radius 1 is 0.347 bits per heavy atom. The number of carbonyl (C=O) groups excluding carboxylic acids is 5. The molecular formula is C107H127F5N20O7S5. The Bertz CT molecular complexity index is 6060. The summed E-state index contributed by atoms with van der Waals surface area (Å²) in [5, 5.41) is 40.0. The van der Waals surface area contributed by atoms with Gasteiger partial charge < -0.3 is 63.5 Å². The number of carbonyl (C=O) groups is 5. The number of ether oxygens (including phenoxy) is 2. The molecule has 12 N–H and O–H groups in total. The average molecular weight is 2060 g/mol. The van der Waals surface area contributed by atoms with Crippen LogP contribution in [0.1, 0.15) is 153 Å². The minimum atomic E-state index is -0.764. The first-order chi connectivity index (χ1) is 69.8. The number of halogens is 5. The van der Waals surface area contributed by atoms with Crippen molar-refractivity contribution >= 4 is 114 Å². The summed E-state index contributed by atoms with van der Waals surface area (Å²) in [7, 11) is 6.65. The van der Waals surface area contributed by atoms with Gasteiger partial charge in [0.15, 0.2) is 0 Å². The quantitative estimate of drug-likeness (QED) is 0.0143. The number of benzene rings is 10. The lowest BCUT2D eigenvalue weighted by molar-refractivity contribution is 0.115. The SMILES string of the molecule is CCN(C)C(=O)N1N=C(c2cccc(F)c2)SC1(CCCN)c1ccccc1.CCN(CC)C(=O)N1N=C(c2cccc(F)c2)SC1(CCCN)c1ccccc1.COCCN(C)C(=O)N1N=C(c2cccc(F)c2)SC1(CCCN)c1ccccc1.COCCNC(=O)N1N=C(c2cccc(F)c2)SC1(CCCN)c1ccccc1.NCCCC1(c2ccccc2)SC(c2cccc(F)c2)=NN1C(=O)NC1CC1. The van der Waals surface area contributed by atoms with Crippen LogP contribution in [0.4, 0.5) is 45.9 Å². The number of methoxy groups -OCH3 is 2. The van der Waals surface area contributed by atoms with Crippen LogP contribution in [-0.4, -0.2) is 208 Å². The second-order valence-electron chi connectivity index (χ2n) is 34.3. The highest BCUT2D eigenvalue weighted by Gasteiger charge is 2.55. The van der Waals surface area contributed by atoms with Crippen LogP contribution in [0.2, 0.25) is 0 Å². The topological polar surface area (TPSA) is 346 Å². The highest BCUT2D eigenvalue weighted by Crippen LogP contribution is 2.56. The third-order valence-electron chi connectivity index (χ3n) is 24.3. The van der Waals surface area contributed by atoms with Crippen LogP contribution < -0.4 is 39.3 Å². The molecule has 5 heterocycles. The first kappa shape index (κ1) is 111. The van der Waals surface area contributed by atoms with Gasteiger partial charge in [-0.25, -0.2) is 45.9 Å². The fourth-order valence-corrected chi connectivity index (χ4v) is 23.5. The maximum absolute atomic E-state index is 13.9. The normalized spacial score (nSPS) is 19.2. The Labute approximate surface area is 861 Å². The molecular weight excluding hydrogens is 1930 g/mol. The summed E-state index contributed by atoms with van der Waals surface area (Å²) in [6.07, 6.45) is 8.76. The van der Waals surface area contributed by atoms with E-state index in [0.29, 0.717) is 177 Å². The van der Waals surface area contributed by atoms with Gasteiger partial charge in [0.2, 0.25) is 0 Å². The second kappa shape index (κ2) is 53.7. The van der Waals surface area contributed by atoms with E-state index in [2.05, 4.69) is 31.0 Å². The molecule has 5 atom stereocenters. The highest BCUT2D eigenvalue weighted by molar-refractivity contribution is 8.16. The maximum atomic E-state index is 13.9. The largest absolute Gasteiger partial charge is 0.383 e. The zero-order valence-electron chi connectivity index (χ0n) is 82.0. The van der Waals surface area contributed by atoms with E-state index in [-0.39, 0.29) is 65.3 Å². The molecule has 1 saturated carbocycles. The lowest BCUT2D eigenvalue weighted by Gasteiger charge is -2.38. The number of amides is 10. The third-order valence-corrected chi connectivity index (χ3v) is 31.6. The zero-order chi connectivity index (χ0) is 103. The van der Waals surface area contributed by atoms with Gasteiger partial charge in [0.1, 0.15) is 78.7 Å². The van der Waals surface area contributed by atoms with Crippen molar-refractivity contribution in [3.8, 4) is 0 Å². The van der Waals surface area contributed by atoms with Gasteiger partial charge in [0.05, 0.1) is 13.2 Å². The zero-order valence-corrected chi connectivity index (χ0v) is 86.1. The molecule has 5 unspecified atom stereocenters. The van der Waals surface area contributed by atoms with Crippen molar-refractivity contribution in [2.24, 2.45) is 54.2 Å². The Kier molecular flexibility index (Phi) is 41.3. The predicted octanol–water partition coefficient (Wildman–Crippen LogP) is 20.1. The predicted molar refractivity (Wildman–Crippen MR) is 573 cm³/mol. The molecule has 144 heavy (non-hydrogen) atoms. The summed E-state index contributed by atoms with van der Waals surface area (Å²) in [5.41, 5.74) is 37.2. The number of rotatable bonds is 35. The molecule has 762 valence electrons. The van der Waals surface area contributed by atoms with Crippen molar-refractivity contribution in [1.29, 1.82) is 0 Å². The molecule has 0 spiro atoms. The monoisotopic (exact) mass is 2060 g/mol. The smallest absolute Gasteiger partial charge is 0.342 e. The summed E-state index contributed by atoms with van der Waals surface area (Å²) < 4.78 is 79.3. The van der Waals surface area contributed by atoms with Crippen LogP contribution in [0.15, 0.2) is 298 Å². The van der Waals surface area contributed by atoms with E-state index < -0.39 is 24.4 Å². The number of nitrogens with zero attached hydrogens (tertiary/aromatic N) is 13. The standard InChI is InChI=1S/C22H27FN4O2S.C22H27FN4OS.C21H25FN4O2S.C21H23FN4OS.C21H25FN4OS/c1-26(14-15-29-2)21(28)27-22(12-7-13-24,18-9-4-3-5-10-18)30-20(25-27)17-8-6-11-19(23)16-17;1-3-26(4-2)21(28)27-22(14-9-15-24,18-11-6-5-7-12-18)29-20(25-27)17-10-8-13-19(23)16-17;1-28-14-13-24-20(27)26-21(11-6-12-23,17-8-3-2-4-9-17)29-19(25-26)16-7-5-10-18(22)15-16;22-17-9-4-6-15(14-17)19-25-26(20(27)24-18-10-11-18)21(28-19,12-5-13-23)16-7-2-1-3-8-16;1-3-25(2)20(27)26-21(13-8-14-23,17-10-5-4-6-11-17)28-19(24-26)16-9-7-12-18(22)15-16/h3-6,8-11,16H,7,12-15,24H2,1-2H3;5-8,10-13,16H,3-4,9,14-15,24H2,1-2H3;2-5,7-10,15H,6,11-14,23H2,1H3,(H,24,27);1-4,6-9,14,18H,5,10-13,23H2,(H,24,27);4-7,9-12,15H,3,8,13-14,23H2,1-2H3. The Morgan fingerprint density at radius 3 is 0.854 bits per heavy atom. The fourth-order valence-electron chi connectivity index (χ4n) is 16.5. The number of nitrogens with two attached hydrogens (primary N) is 5. The molecule has 10 aromatic rings. The second-order valence-corrected chi connectivity index (χ2v) is 40.6. The summed E-state index contributed by atoms with van der Waals surface area (Å²) in [4.78, 5) is 67.5. The van der Waals surface area contributed by atoms with Crippen molar-refractivity contribution in [2.75, 3.05) is 107 Å². The van der Waals surface area contributed by atoms with Gasteiger partial charge in [0.25, 0.3) is 0 Å². The number of thioether (sulfide) groups is 5. The Hall–Kier alpha value is -12.0. The average Bonchev–Trinajstić information content (AvgIpc) is 1.61. The van der Waals surface area contributed by atoms with E-state index in [0.717, 1.165) is 59.9 Å². The summed E-state index contributed by atoms with van der Waals surface area (Å²) in [6, 6.07) is 79.7. The van der Waals surface area contributed by atoms with Crippen LogP contribution in [0.5, 0.6) is 0 Å². The molecule has 37 heteroatoms. The third kappa shape index (κ3) is 27.2. The molecule has 0 aromatic heterocycles. The highest BCUT2D eigenvalue weighted by atomic mass is 32.2. The molecule has 16 rings (SSSR count). The van der Waals surface area contributed by atoms with Crippen LogP contribution in [0.25, 0.3) is 0 Å². The van der Waals surface area contributed by atoms with E-state index >= 15 is 0 Å². The molecule has 0 saturated heterocycles. The Balaban J connectivity index is 0.000000160. The number of likely N-dealkylation sites (N-methyl/N-ethyl adjacent to an activating group) is 1. The number of hydrogen-bond donors (Lipinski definition) is 7. The van der Waals surface area contributed by atoms with Crippen molar-refractivity contribution in [2.45, 2.75) is 128 Å². The van der Waals surface area contributed by atoms with Crippen LogP contribution in [-0.2, 0) is 33.8 Å². The van der Waals surface area contributed by atoms with E-state index in [1.165, 1.54) is 129 Å². The molecule has 5 aliphatic heterocycles. The first-order valence-corrected chi connectivity index (χ1v) is 52.2. The molecule has 6 aliphatic rings. The van der Waals surface area contributed by atoms with Gasteiger partial charge in [-0.15, -0.1) is 0 Å². The molecule has 1 aliphatic carbocycles. The fraction of sp³-hybridized carbons (Fsp3) is 0.346. The van der Waals surface area contributed by atoms with Crippen molar-refractivity contribution in [3.05, 3.63) is 358 Å². The van der Waals surface area contributed by atoms with Gasteiger partial charge in [-0.05, 0) is 219 Å². The number of hydrazone groups is 5. The number of hydrogen-bond acceptors (Lipinski definition) is 22. The maximum Gasteiger partial charge on any atom is 0.342 e. The van der Waals surface area contributed by atoms with E-state index in [9.17, 15) is 45.9 Å². The van der Waals surface area contributed by atoms with Crippen LogP contribution in [0.3, 0.4) is 0 Å². The van der Waals surface area contributed by atoms with Gasteiger partial charge in [-0.3, -0.25) is 0 Å². The first-order valence-electron chi connectivity index (χ1n) is 48.1. The summed E-state index contributed by atoms with van der Waals surface area (Å²) in [6.45, 7) is 11.7. The van der Waals surface area contributed by atoms with Crippen molar-refractivity contribution < 1.29 is 55.4 Å². The summed E-state index contributed by atoms with van der Waals surface area (Å²) in [5.74, 6) is -1.67. The molecule has 10 amide bonds. The molecule has 0 radical (unpaired) electrons. The number of nitrogens with one attached hydrogen (secondary N) is 2. The van der Waals surface area contributed by atoms with Gasteiger partial charge >= 0.3 is 30.2 Å². The molecule has 1 fully saturated rings. The van der Waals surface area contributed by atoms with E-state index in [4.69, 9.17) is 43.2 Å². The Morgan fingerprint density at radius 2 is 0.604 bits per heavy atom. The van der Waals surface area contributed by atoms with Gasteiger partial charge in [0, 0.05) is 94.9 Å². The van der Waals surface area contributed by atoms with Gasteiger partial charge in [-0.1, -0.05) is 271 Å². The number of urea groups is 5. The van der Waals surface area contributed by atoms with Crippen LogP contribution >= 0.6 is 58.8 Å². The minimum absolute atomic E-state index is 0.158. The van der Waals surface area contributed by atoms with Crippen LogP contribution in [0, 0.1) is 29.1 Å². The van der Waals surface area contributed by atoms with E-state index in [1.807, 2.05) is 191 Å². The molecule has 10 aromatic carbocycles. The minimum Gasteiger partial charge on any atom is -0.383 e. The van der Waals surface area contributed by atoms with Crippen molar-refractivity contribution in [3.63, 3.8) is 0 Å². The molecule has 0 bridgehead atoms.